The Labute approximate surface area is 85.9 Å². The lowest BCUT2D eigenvalue weighted by molar-refractivity contribution is -0.159. The van der Waals surface area contributed by atoms with Crippen LogP contribution in [0.1, 0.15) is 20.8 Å². The van der Waals surface area contributed by atoms with Crippen molar-refractivity contribution in [2.75, 3.05) is 6.54 Å². The van der Waals surface area contributed by atoms with Gasteiger partial charge in [0.15, 0.2) is 0 Å². The fraction of sp³-hybridized carbons (Fsp3) is 0.750. The number of rotatable bonds is 2. The van der Waals surface area contributed by atoms with E-state index < -0.39 is 16.8 Å². The molecule has 0 aliphatic heterocycles. The molecule has 5 heteroatoms. The van der Waals surface area contributed by atoms with Gasteiger partial charge in [0.25, 0.3) is 0 Å². The van der Waals surface area contributed by atoms with Crippen molar-refractivity contribution in [3.05, 3.63) is 0 Å². The van der Waals surface area contributed by atoms with Gasteiger partial charge in [0.1, 0.15) is 4.83 Å². The van der Waals surface area contributed by atoms with Crippen molar-refractivity contribution in [3.63, 3.8) is 0 Å². The maximum Gasteiger partial charge on any atom is 0.327 e. The average Bonchev–Trinajstić information content (AvgIpc) is 2.01. The molecule has 1 unspecified atom stereocenters. The largest absolute Gasteiger partial charge is 0.391 e. The van der Waals surface area contributed by atoms with Gasteiger partial charge in [-0.2, -0.15) is 0 Å². The summed E-state index contributed by atoms with van der Waals surface area (Å²) in [6.07, 6.45) is 0. The summed E-state index contributed by atoms with van der Waals surface area (Å²) in [7, 11) is 0. The first kappa shape index (κ1) is 12.6. The van der Waals surface area contributed by atoms with Gasteiger partial charge in [0.2, 0.25) is 0 Å². The molecule has 0 aliphatic rings. The van der Waals surface area contributed by atoms with Gasteiger partial charge in [-0.1, -0.05) is 36.7 Å². The molecule has 0 spiro atoms. The lowest BCUT2D eigenvalue weighted by Crippen LogP contribution is -2.33. The molecule has 0 saturated carbocycles. The minimum absolute atomic E-state index is 0.282. The topological polar surface area (TPSA) is 69.4 Å². The van der Waals surface area contributed by atoms with Crippen molar-refractivity contribution in [2.24, 2.45) is 11.1 Å². The number of nitrogens with two attached hydrogens (primary N) is 1. The van der Waals surface area contributed by atoms with Crippen LogP contribution in [-0.4, -0.2) is 23.3 Å². The van der Waals surface area contributed by atoms with Crippen LogP contribution in [0.15, 0.2) is 0 Å². The molecule has 0 aliphatic carbocycles. The summed E-state index contributed by atoms with van der Waals surface area (Å²) in [5.74, 6) is -1.30. The Morgan fingerprint density at radius 3 is 2.23 bits per heavy atom. The number of esters is 2. The Kier molecular flexibility index (Phi) is 4.56. The molecule has 0 amide bonds. The fourth-order valence-corrected chi connectivity index (χ4v) is 0.653. The number of alkyl halides is 1. The van der Waals surface area contributed by atoms with E-state index in [2.05, 4.69) is 20.7 Å². The van der Waals surface area contributed by atoms with Gasteiger partial charge in [0.05, 0.1) is 6.54 Å². The second kappa shape index (κ2) is 4.72. The summed E-state index contributed by atoms with van der Waals surface area (Å²) >= 11 is 3.15. The molecule has 1 atom stereocenters. The van der Waals surface area contributed by atoms with E-state index in [-0.39, 0.29) is 12.0 Å². The van der Waals surface area contributed by atoms with Crippen molar-refractivity contribution < 1.29 is 14.3 Å². The van der Waals surface area contributed by atoms with E-state index in [1.54, 1.807) is 0 Å². The lowest BCUT2D eigenvalue weighted by Gasteiger charge is -2.22. The highest BCUT2D eigenvalue weighted by Crippen LogP contribution is 2.26. The van der Waals surface area contributed by atoms with Gasteiger partial charge in [-0.15, -0.1) is 0 Å². The van der Waals surface area contributed by atoms with E-state index >= 15 is 0 Å². The quantitative estimate of drug-likeness (QED) is 0.449. The average molecular weight is 252 g/mol. The number of hydrogen-bond acceptors (Lipinski definition) is 4. The third-order valence-electron chi connectivity index (χ3n) is 1.35. The van der Waals surface area contributed by atoms with Gasteiger partial charge in [-0.25, -0.2) is 0 Å². The highest BCUT2D eigenvalue weighted by atomic mass is 79.9. The Hall–Kier alpha value is -0.420. The molecule has 2 N–H and O–H groups in total. The van der Waals surface area contributed by atoms with Gasteiger partial charge in [-0.05, 0) is 5.41 Å². The summed E-state index contributed by atoms with van der Waals surface area (Å²) in [5, 5.41) is 0. The Morgan fingerprint density at radius 2 is 1.92 bits per heavy atom. The monoisotopic (exact) mass is 251 g/mol. The zero-order valence-electron chi connectivity index (χ0n) is 7.96. The van der Waals surface area contributed by atoms with Crippen LogP contribution < -0.4 is 5.73 Å². The lowest BCUT2D eigenvalue weighted by atomic mass is 9.92. The second-order valence-electron chi connectivity index (χ2n) is 3.73. The summed E-state index contributed by atoms with van der Waals surface area (Å²) in [4.78, 5) is 21.4. The van der Waals surface area contributed by atoms with Crippen molar-refractivity contribution in [1.82, 2.24) is 0 Å². The first-order valence-corrected chi connectivity index (χ1v) is 4.79. The van der Waals surface area contributed by atoms with Gasteiger partial charge < -0.3 is 10.5 Å². The zero-order valence-corrected chi connectivity index (χ0v) is 9.55. The number of carbonyl (C=O) groups excluding carboxylic acids is 2. The molecule has 0 aromatic carbocycles. The zero-order chi connectivity index (χ0) is 10.6. The van der Waals surface area contributed by atoms with E-state index in [0.29, 0.717) is 0 Å². The van der Waals surface area contributed by atoms with Gasteiger partial charge in [-0.3, -0.25) is 9.59 Å². The van der Waals surface area contributed by atoms with Crippen molar-refractivity contribution in [2.45, 2.75) is 25.6 Å². The highest BCUT2D eigenvalue weighted by Gasteiger charge is 2.31. The number of halogens is 1. The molecule has 4 nitrogen and oxygen atoms in total. The molecule has 0 fully saturated rings. The fourth-order valence-electron chi connectivity index (χ4n) is 0.559. The van der Waals surface area contributed by atoms with Crippen LogP contribution in [0.4, 0.5) is 0 Å². The Balaban J connectivity index is 4.20. The standard InChI is InChI=1S/C8H14BrNO3/c1-8(2,3)6(9)7(12)13-5(11)4-10/h6H,4,10H2,1-3H3. The molecule has 0 aromatic rings. The van der Waals surface area contributed by atoms with Crippen LogP contribution in [-0.2, 0) is 14.3 Å². The minimum atomic E-state index is -0.710. The molecule has 0 radical (unpaired) electrons. The maximum atomic E-state index is 11.2. The number of carbonyl (C=O) groups is 2. The van der Waals surface area contributed by atoms with Crippen LogP contribution in [0, 0.1) is 5.41 Å². The van der Waals surface area contributed by atoms with E-state index in [9.17, 15) is 9.59 Å². The SMILES string of the molecule is CC(C)(C)C(Br)C(=O)OC(=O)CN. The predicted octanol–water partition coefficient (Wildman–Crippen LogP) is 0.824. The summed E-state index contributed by atoms with van der Waals surface area (Å²) in [5.41, 5.74) is 4.70. The van der Waals surface area contributed by atoms with Crippen molar-refractivity contribution >= 4 is 27.9 Å². The predicted molar refractivity (Wildman–Crippen MR) is 52.3 cm³/mol. The normalized spacial score (nSPS) is 13.6. The van der Waals surface area contributed by atoms with Crippen molar-refractivity contribution in [1.29, 1.82) is 0 Å². The molecule has 0 heterocycles. The summed E-state index contributed by atoms with van der Waals surface area (Å²) in [6, 6.07) is 0. The third kappa shape index (κ3) is 4.38. The molecule has 0 bridgehead atoms. The van der Waals surface area contributed by atoms with Crippen LogP contribution in [0.2, 0.25) is 0 Å². The Bertz CT molecular complexity index is 210. The summed E-state index contributed by atoms with van der Waals surface area (Å²) in [6.45, 7) is 5.30. The highest BCUT2D eigenvalue weighted by molar-refractivity contribution is 9.10. The smallest absolute Gasteiger partial charge is 0.327 e. The molecule has 0 aromatic heterocycles. The van der Waals surface area contributed by atoms with Gasteiger partial charge >= 0.3 is 11.9 Å². The molecular formula is C8H14BrNO3. The van der Waals surface area contributed by atoms with E-state index in [0.717, 1.165) is 0 Å². The first-order valence-electron chi connectivity index (χ1n) is 3.87. The van der Waals surface area contributed by atoms with Crippen molar-refractivity contribution in [3.8, 4) is 0 Å². The number of ether oxygens (including phenoxy) is 1. The molecular weight excluding hydrogens is 238 g/mol. The molecule has 13 heavy (non-hydrogen) atoms. The molecule has 0 saturated heterocycles. The Morgan fingerprint density at radius 1 is 1.46 bits per heavy atom. The minimum Gasteiger partial charge on any atom is -0.391 e. The van der Waals surface area contributed by atoms with Crippen LogP contribution in [0.3, 0.4) is 0 Å². The summed E-state index contributed by atoms with van der Waals surface area (Å²) < 4.78 is 4.44. The number of hydrogen-bond donors (Lipinski definition) is 1. The molecule has 76 valence electrons. The molecule has 0 rings (SSSR count). The van der Waals surface area contributed by atoms with E-state index in [1.807, 2.05) is 20.8 Å². The van der Waals surface area contributed by atoms with Crippen LogP contribution >= 0.6 is 15.9 Å². The maximum absolute atomic E-state index is 11.2. The van der Waals surface area contributed by atoms with Gasteiger partial charge in [0, 0.05) is 0 Å². The van der Waals surface area contributed by atoms with E-state index in [4.69, 9.17) is 5.73 Å². The van der Waals surface area contributed by atoms with E-state index in [1.165, 1.54) is 0 Å². The second-order valence-corrected chi connectivity index (χ2v) is 4.64. The van der Waals surface area contributed by atoms with Crippen LogP contribution in [0.25, 0.3) is 0 Å². The third-order valence-corrected chi connectivity index (χ3v) is 3.10. The van der Waals surface area contributed by atoms with Crippen LogP contribution in [0.5, 0.6) is 0 Å². The first-order chi connectivity index (χ1) is 5.79.